The summed E-state index contributed by atoms with van der Waals surface area (Å²) in [4.78, 5) is 19.3. The monoisotopic (exact) mass is 434 g/mol. The fourth-order valence-electron chi connectivity index (χ4n) is 3.86. The molecule has 0 unspecified atom stereocenters. The van der Waals surface area contributed by atoms with Gasteiger partial charge in [0.05, 0.1) is 40.5 Å². The summed E-state index contributed by atoms with van der Waals surface area (Å²) in [6.45, 7) is 6.09. The number of pyridine rings is 3. The second-order valence-electron chi connectivity index (χ2n) is 7.68. The lowest BCUT2D eigenvalue weighted by molar-refractivity contribution is 1.11. The maximum Gasteiger partial charge on any atom is 0.116 e. The number of nitrogens with one attached hydrogen (secondary N) is 2. The average molecular weight is 435 g/mol. The third-order valence-corrected chi connectivity index (χ3v) is 6.75. The molecule has 0 aliphatic heterocycles. The van der Waals surface area contributed by atoms with Gasteiger partial charge < -0.3 is 4.98 Å². The standard InChI is InChI=1S/C25H18N6S/c1-14(2)23-6-7-24(32-23)17-11-26-12-21-15(17)9-20(29-21)25-16-10-19(18-5-3-4-8-27-18)28-13-22(16)30-31-25/h3-13,29H,1H2,2H3,(H,30,31). The van der Waals surface area contributed by atoms with Crippen LogP contribution in [0.5, 0.6) is 0 Å². The van der Waals surface area contributed by atoms with Crippen LogP contribution in [-0.2, 0) is 0 Å². The zero-order chi connectivity index (χ0) is 21.7. The highest BCUT2D eigenvalue weighted by Gasteiger charge is 2.16. The van der Waals surface area contributed by atoms with Crippen LogP contribution in [0.25, 0.3) is 60.6 Å². The predicted molar refractivity (Wildman–Crippen MR) is 130 cm³/mol. The van der Waals surface area contributed by atoms with Crippen LogP contribution in [0.15, 0.2) is 73.8 Å². The SMILES string of the molecule is C=C(C)c1ccc(-c2cncc3[nH]c(-c4n[nH]c5cnc(-c6ccccn6)cc45)cc23)s1. The van der Waals surface area contributed by atoms with E-state index in [2.05, 4.69) is 54.9 Å². The van der Waals surface area contributed by atoms with Crippen LogP contribution in [0.3, 0.4) is 0 Å². The minimum atomic E-state index is 0.810. The molecule has 0 atom stereocenters. The average Bonchev–Trinajstić information content (AvgIpc) is 3.56. The zero-order valence-electron chi connectivity index (χ0n) is 17.3. The summed E-state index contributed by atoms with van der Waals surface area (Å²) in [5, 5.41) is 9.77. The molecule has 0 aliphatic carbocycles. The van der Waals surface area contributed by atoms with E-state index in [-0.39, 0.29) is 0 Å². The van der Waals surface area contributed by atoms with E-state index in [4.69, 9.17) is 0 Å². The topological polar surface area (TPSA) is 83.1 Å². The van der Waals surface area contributed by atoms with E-state index in [1.54, 1.807) is 23.7 Å². The molecule has 6 rings (SSSR count). The molecule has 2 N–H and O–H groups in total. The van der Waals surface area contributed by atoms with Gasteiger partial charge in [-0.15, -0.1) is 11.3 Å². The van der Waals surface area contributed by atoms with Crippen molar-refractivity contribution < 1.29 is 0 Å². The van der Waals surface area contributed by atoms with Crippen LogP contribution in [0.4, 0.5) is 0 Å². The largest absolute Gasteiger partial charge is 0.352 e. The van der Waals surface area contributed by atoms with Gasteiger partial charge >= 0.3 is 0 Å². The third-order valence-electron chi connectivity index (χ3n) is 5.47. The van der Waals surface area contributed by atoms with E-state index >= 15 is 0 Å². The number of hydrogen-bond donors (Lipinski definition) is 2. The Labute approximate surface area is 187 Å². The van der Waals surface area contributed by atoms with Gasteiger partial charge in [0, 0.05) is 38.5 Å². The Balaban J connectivity index is 1.49. The molecule has 0 aliphatic rings. The van der Waals surface area contributed by atoms with E-state index in [0.29, 0.717) is 0 Å². The third kappa shape index (κ3) is 3.02. The van der Waals surface area contributed by atoms with Crippen molar-refractivity contribution in [2.45, 2.75) is 6.92 Å². The number of fused-ring (bicyclic) bond motifs is 2. The smallest absolute Gasteiger partial charge is 0.116 e. The molecule has 7 heteroatoms. The lowest BCUT2D eigenvalue weighted by Gasteiger charge is -2.00. The zero-order valence-corrected chi connectivity index (χ0v) is 18.1. The minimum Gasteiger partial charge on any atom is -0.352 e. The van der Waals surface area contributed by atoms with Gasteiger partial charge in [-0.3, -0.25) is 20.1 Å². The Bertz CT molecular complexity index is 1610. The molecule has 6 aromatic rings. The molecular formula is C25H18N6S. The number of aromatic nitrogens is 6. The van der Waals surface area contributed by atoms with E-state index in [1.165, 1.54) is 9.75 Å². The number of allylic oxidation sites excluding steroid dienone is 1. The lowest BCUT2D eigenvalue weighted by atomic mass is 10.1. The molecule has 6 heterocycles. The van der Waals surface area contributed by atoms with Gasteiger partial charge in [-0.05, 0) is 48.9 Å². The van der Waals surface area contributed by atoms with Gasteiger partial charge in [-0.2, -0.15) is 5.10 Å². The van der Waals surface area contributed by atoms with Crippen molar-refractivity contribution in [1.82, 2.24) is 30.1 Å². The van der Waals surface area contributed by atoms with Gasteiger partial charge in [0.15, 0.2) is 0 Å². The van der Waals surface area contributed by atoms with E-state index in [1.807, 2.05) is 43.6 Å². The number of hydrogen-bond acceptors (Lipinski definition) is 5. The molecule has 0 aromatic carbocycles. The van der Waals surface area contributed by atoms with Crippen LogP contribution in [0.1, 0.15) is 11.8 Å². The first-order valence-electron chi connectivity index (χ1n) is 10.2. The predicted octanol–water partition coefficient (Wildman–Crippen LogP) is 6.32. The quantitative estimate of drug-likeness (QED) is 0.340. The number of H-pyrrole nitrogens is 2. The summed E-state index contributed by atoms with van der Waals surface area (Å²) in [5.41, 5.74) is 7.42. The Morgan fingerprint density at radius 2 is 1.88 bits per heavy atom. The van der Waals surface area contributed by atoms with Gasteiger partial charge in [-0.1, -0.05) is 12.6 Å². The van der Waals surface area contributed by atoms with Crippen LogP contribution < -0.4 is 0 Å². The fraction of sp³-hybridized carbons (Fsp3) is 0.0400. The summed E-state index contributed by atoms with van der Waals surface area (Å²) in [6, 6.07) is 14.2. The molecule has 6 nitrogen and oxygen atoms in total. The molecule has 0 bridgehead atoms. The normalized spacial score (nSPS) is 11.4. The number of aromatic amines is 2. The van der Waals surface area contributed by atoms with Crippen LogP contribution in [-0.4, -0.2) is 30.1 Å². The molecule has 32 heavy (non-hydrogen) atoms. The van der Waals surface area contributed by atoms with Crippen molar-refractivity contribution in [2.24, 2.45) is 0 Å². The van der Waals surface area contributed by atoms with E-state index < -0.39 is 0 Å². The summed E-state index contributed by atoms with van der Waals surface area (Å²) in [7, 11) is 0. The first kappa shape index (κ1) is 18.7. The Morgan fingerprint density at radius 3 is 2.69 bits per heavy atom. The lowest BCUT2D eigenvalue weighted by Crippen LogP contribution is -1.86. The molecule has 0 amide bonds. The summed E-state index contributed by atoms with van der Waals surface area (Å²) >= 11 is 1.73. The van der Waals surface area contributed by atoms with Crippen molar-refractivity contribution in [1.29, 1.82) is 0 Å². The molecule has 0 spiro atoms. The Kier molecular flexibility index (Phi) is 4.22. The van der Waals surface area contributed by atoms with Crippen molar-refractivity contribution in [2.75, 3.05) is 0 Å². The molecular weight excluding hydrogens is 416 g/mol. The van der Waals surface area contributed by atoms with Crippen molar-refractivity contribution >= 4 is 38.7 Å². The molecule has 0 radical (unpaired) electrons. The van der Waals surface area contributed by atoms with E-state index in [0.717, 1.165) is 55.7 Å². The van der Waals surface area contributed by atoms with Gasteiger partial charge in [-0.25, -0.2) is 0 Å². The number of thiophene rings is 1. The molecule has 6 aromatic heterocycles. The molecule has 0 saturated heterocycles. The first-order valence-corrected chi connectivity index (χ1v) is 11.0. The Hall–Kier alpha value is -4.10. The molecule has 154 valence electrons. The summed E-state index contributed by atoms with van der Waals surface area (Å²) in [5.74, 6) is 0. The van der Waals surface area contributed by atoms with Crippen molar-refractivity contribution in [3.05, 3.63) is 78.7 Å². The van der Waals surface area contributed by atoms with Gasteiger partial charge in [0.2, 0.25) is 0 Å². The highest BCUT2D eigenvalue weighted by molar-refractivity contribution is 7.16. The van der Waals surface area contributed by atoms with Crippen LogP contribution >= 0.6 is 11.3 Å². The molecule has 0 fully saturated rings. The number of nitrogens with zero attached hydrogens (tertiary/aromatic N) is 4. The van der Waals surface area contributed by atoms with Crippen molar-refractivity contribution in [3.8, 4) is 33.2 Å². The fourth-order valence-corrected chi connectivity index (χ4v) is 4.82. The number of rotatable bonds is 4. The maximum absolute atomic E-state index is 4.58. The van der Waals surface area contributed by atoms with Gasteiger partial charge in [0.1, 0.15) is 5.69 Å². The van der Waals surface area contributed by atoms with Gasteiger partial charge in [0.25, 0.3) is 0 Å². The minimum absolute atomic E-state index is 0.810. The second kappa shape index (κ2) is 7.25. The highest BCUT2D eigenvalue weighted by Crippen LogP contribution is 2.37. The molecule has 0 saturated carbocycles. The second-order valence-corrected chi connectivity index (χ2v) is 8.76. The van der Waals surface area contributed by atoms with E-state index in [9.17, 15) is 0 Å². The summed E-state index contributed by atoms with van der Waals surface area (Å²) < 4.78 is 0. The van der Waals surface area contributed by atoms with Crippen molar-refractivity contribution in [3.63, 3.8) is 0 Å². The first-order chi connectivity index (χ1) is 15.7. The van der Waals surface area contributed by atoms with Crippen LogP contribution in [0, 0.1) is 0 Å². The maximum atomic E-state index is 4.58. The van der Waals surface area contributed by atoms with Crippen LogP contribution in [0.2, 0.25) is 0 Å². The summed E-state index contributed by atoms with van der Waals surface area (Å²) in [6.07, 6.45) is 7.34. The highest BCUT2D eigenvalue weighted by atomic mass is 32.1. The Morgan fingerprint density at radius 1 is 0.938 bits per heavy atom.